The number of benzene rings is 3. The molecule has 4 heterocycles. The number of esters is 1. The van der Waals surface area contributed by atoms with Crippen molar-refractivity contribution in [2.24, 2.45) is 0 Å². The number of likely N-dealkylation sites (tertiary alicyclic amines) is 1. The van der Waals surface area contributed by atoms with Crippen molar-refractivity contribution in [2.75, 3.05) is 17.6 Å². The Hall–Kier alpha value is -6.53. The van der Waals surface area contributed by atoms with Gasteiger partial charge in [-0.05, 0) is 88.9 Å². The normalized spacial score (nSPS) is 17.6. The minimum absolute atomic E-state index is 0. The number of carbonyl (C=O) groups excluding carboxylic acids is 6. The predicted molar refractivity (Wildman–Crippen MR) is 241 cm³/mol. The molecule has 4 aromatic rings. The number of rotatable bonds is 12. The summed E-state index contributed by atoms with van der Waals surface area (Å²) in [5.41, 5.74) is 1.57. The lowest BCUT2D eigenvalue weighted by Gasteiger charge is -2.49. The highest BCUT2D eigenvalue weighted by Crippen LogP contribution is 2.43. The lowest BCUT2D eigenvalue weighted by atomic mass is 10.00. The van der Waals surface area contributed by atoms with Crippen LogP contribution >= 0.6 is 11.8 Å². The molecule has 2 saturated heterocycles. The quantitative estimate of drug-likeness (QED) is 0.0523. The molecular formula is C49H51BrFN5O10S. The summed E-state index contributed by atoms with van der Waals surface area (Å²) >= 11 is 1.35. The van der Waals surface area contributed by atoms with E-state index >= 15 is 0 Å². The van der Waals surface area contributed by atoms with Crippen molar-refractivity contribution in [1.29, 1.82) is 0 Å². The number of aromatic nitrogens is 1. The Morgan fingerprint density at radius 3 is 2.18 bits per heavy atom. The monoisotopic (exact) mass is 999 g/mol. The number of fused-ring (bicyclic) bond motifs is 1. The number of carbonyl (C=O) groups is 6. The second kappa shape index (κ2) is 21.0. The average Bonchev–Trinajstić information content (AvgIpc) is 3.59. The van der Waals surface area contributed by atoms with Crippen LogP contribution in [0.1, 0.15) is 70.8 Å². The van der Waals surface area contributed by atoms with E-state index in [-0.39, 0.29) is 58.9 Å². The van der Waals surface area contributed by atoms with E-state index < -0.39 is 64.6 Å². The van der Waals surface area contributed by atoms with Crippen molar-refractivity contribution in [3.63, 3.8) is 0 Å². The molecule has 2 N–H and O–H groups in total. The van der Waals surface area contributed by atoms with Crippen LogP contribution in [0.5, 0.6) is 5.75 Å². The molecule has 3 aromatic carbocycles. The molecule has 3 aliphatic heterocycles. The molecule has 1 aromatic heterocycles. The van der Waals surface area contributed by atoms with Crippen LogP contribution in [-0.4, -0.2) is 80.7 Å². The number of hydrogen-bond acceptors (Lipinski definition) is 11. The molecule has 4 amide bonds. The van der Waals surface area contributed by atoms with Crippen molar-refractivity contribution in [3.05, 3.63) is 149 Å². The van der Waals surface area contributed by atoms with Crippen LogP contribution in [0.2, 0.25) is 0 Å². The number of alkyl carbamates (subject to hydrolysis) is 1. The van der Waals surface area contributed by atoms with Gasteiger partial charge in [-0.3, -0.25) is 19.3 Å². The predicted octanol–water partition coefficient (Wildman–Crippen LogP) is 4.12. The number of ether oxygens (including phenoxy) is 4. The van der Waals surface area contributed by atoms with Crippen LogP contribution in [0.4, 0.5) is 19.7 Å². The molecule has 67 heavy (non-hydrogen) atoms. The smallest absolute Gasteiger partial charge is 0.514 e. The molecular weight excluding hydrogens is 950 g/mol. The van der Waals surface area contributed by atoms with E-state index in [0.29, 0.717) is 24.1 Å². The maximum atomic E-state index is 14.7. The van der Waals surface area contributed by atoms with Gasteiger partial charge in [-0.2, -0.15) is 4.57 Å². The van der Waals surface area contributed by atoms with E-state index in [1.54, 1.807) is 75.5 Å². The van der Waals surface area contributed by atoms with Crippen molar-refractivity contribution >= 4 is 53.4 Å². The largest absolute Gasteiger partial charge is 1.00 e. The van der Waals surface area contributed by atoms with E-state index in [1.165, 1.54) is 28.8 Å². The number of nitrogens with one attached hydrogen (secondary N) is 2. The number of thioether (sulfide) groups is 1. The van der Waals surface area contributed by atoms with Crippen molar-refractivity contribution in [3.8, 4) is 5.75 Å². The van der Waals surface area contributed by atoms with Crippen LogP contribution < -0.4 is 36.9 Å². The number of β-lactam (4-membered cyclic amide) rings is 1. The van der Waals surface area contributed by atoms with Gasteiger partial charge in [0.25, 0.3) is 11.8 Å². The molecule has 0 spiro atoms. The minimum atomic E-state index is -1.06. The van der Waals surface area contributed by atoms with E-state index in [4.69, 9.17) is 18.9 Å². The maximum absolute atomic E-state index is 14.7. The highest BCUT2D eigenvalue weighted by atomic mass is 79.9. The van der Waals surface area contributed by atoms with Gasteiger partial charge in [-0.15, -0.1) is 11.8 Å². The topological polar surface area (TPSA) is 174 Å². The van der Waals surface area contributed by atoms with Gasteiger partial charge in [-0.25, -0.2) is 18.8 Å². The summed E-state index contributed by atoms with van der Waals surface area (Å²) in [7, 11) is 0. The number of allylic oxidation sites excluding steroid dienone is 1. The van der Waals surface area contributed by atoms with Gasteiger partial charge in [0.05, 0.1) is 6.54 Å². The zero-order valence-electron chi connectivity index (χ0n) is 37.7. The average molecular weight is 1000 g/mol. The second-order valence-electron chi connectivity index (χ2n) is 17.8. The number of nitrogens with zero attached hydrogens (tertiary/aromatic N) is 3. The van der Waals surface area contributed by atoms with Crippen LogP contribution in [-0.2, 0) is 46.5 Å². The van der Waals surface area contributed by atoms with Gasteiger partial charge < -0.3 is 51.5 Å². The summed E-state index contributed by atoms with van der Waals surface area (Å²) in [6, 6.07) is 24.7. The van der Waals surface area contributed by atoms with Crippen molar-refractivity contribution in [1.82, 2.24) is 15.1 Å². The lowest BCUT2D eigenvalue weighted by molar-refractivity contribution is -0.684. The van der Waals surface area contributed by atoms with E-state index in [2.05, 4.69) is 10.6 Å². The zero-order valence-corrected chi connectivity index (χ0v) is 40.2. The van der Waals surface area contributed by atoms with Crippen molar-refractivity contribution in [2.45, 2.75) is 89.8 Å². The SMILES string of the molecule is CC(C)(C)OC(=O)N[C@@H]1C(=O)N2C(C(=O)OC(c3ccccc3)c3ccccc3)=C(C=C3CCN(Cc4ccc[n+](CC(=O)Nc5ccc(OC(=O)OC(C)(C)C)c(F)c5)c4)C3=O)CS[C@H]12.[Br-]. The first-order chi connectivity index (χ1) is 31.3. The maximum Gasteiger partial charge on any atom is 0.514 e. The molecule has 7 rings (SSSR count). The Balaban J connectivity index is 0.00000741. The Kier molecular flexibility index (Phi) is 15.6. The lowest BCUT2D eigenvalue weighted by Crippen LogP contribution is -3.00. The molecule has 3 aliphatic rings. The highest BCUT2D eigenvalue weighted by molar-refractivity contribution is 8.00. The van der Waals surface area contributed by atoms with Crippen LogP contribution in [0.25, 0.3) is 0 Å². The number of pyridine rings is 1. The van der Waals surface area contributed by atoms with Crippen molar-refractivity contribution < 1.29 is 73.7 Å². The Morgan fingerprint density at radius 2 is 1.55 bits per heavy atom. The fourth-order valence-corrected chi connectivity index (χ4v) is 8.77. The van der Waals surface area contributed by atoms with Gasteiger partial charge in [0.2, 0.25) is 12.5 Å². The van der Waals surface area contributed by atoms with Gasteiger partial charge in [-0.1, -0.05) is 60.7 Å². The fourth-order valence-electron chi connectivity index (χ4n) is 7.46. The summed E-state index contributed by atoms with van der Waals surface area (Å²) in [6.45, 7) is 10.6. The number of anilines is 1. The van der Waals surface area contributed by atoms with Gasteiger partial charge in [0.1, 0.15) is 28.3 Å². The second-order valence-corrected chi connectivity index (χ2v) is 18.9. The standard InChI is InChI=1S/C49H50FN5O10S.BrH/c1-48(2,3)64-46(60)52-39-43(58)55-40(45(59)63-41(31-15-9-7-10-16-31)32-17-11-8-12-18-32)34(29-66-44(39)55)24-33-21-23-54(42(33)57)27-30-14-13-22-53(26-30)28-38(56)51-35-19-20-37(36(50)25-35)62-47(61)65-49(4,5)6;/h7-20,22,24-26,39,41,44H,21,23,27-29H2,1-6H3,(H-,51,52,56,60);1H/t39-,44-;/m1./s1. The van der Waals surface area contributed by atoms with E-state index in [9.17, 15) is 33.2 Å². The van der Waals surface area contributed by atoms with Gasteiger partial charge in [0.15, 0.2) is 30.1 Å². The number of halogens is 2. The summed E-state index contributed by atoms with van der Waals surface area (Å²) in [6.07, 6.45) is 2.81. The van der Waals surface area contributed by atoms with E-state index in [1.807, 2.05) is 66.7 Å². The molecule has 0 aliphatic carbocycles. The Bertz CT molecular complexity index is 2560. The number of amides is 4. The van der Waals surface area contributed by atoms with Gasteiger partial charge in [0, 0.05) is 41.3 Å². The minimum Gasteiger partial charge on any atom is -1.00 e. The summed E-state index contributed by atoms with van der Waals surface area (Å²) in [5, 5.41) is 4.66. The Labute approximate surface area is 402 Å². The van der Waals surface area contributed by atoms with Gasteiger partial charge >= 0.3 is 18.2 Å². The molecule has 0 bridgehead atoms. The fraction of sp³-hybridized carbons (Fsp3) is 0.327. The van der Waals surface area contributed by atoms with Crippen LogP contribution in [0, 0.1) is 5.82 Å². The summed E-state index contributed by atoms with van der Waals surface area (Å²) < 4.78 is 38.1. The molecule has 0 radical (unpaired) electrons. The molecule has 352 valence electrons. The Morgan fingerprint density at radius 1 is 0.896 bits per heavy atom. The first-order valence-electron chi connectivity index (χ1n) is 21.3. The molecule has 2 atom stereocenters. The summed E-state index contributed by atoms with van der Waals surface area (Å²) in [5.74, 6) is -2.98. The first-order valence-corrected chi connectivity index (χ1v) is 22.3. The third-order valence-corrected chi connectivity index (χ3v) is 11.6. The first kappa shape index (κ1) is 49.9. The van der Waals surface area contributed by atoms with E-state index in [0.717, 1.165) is 22.8 Å². The molecule has 0 unspecified atom stereocenters. The van der Waals surface area contributed by atoms with Crippen LogP contribution in [0.3, 0.4) is 0 Å². The zero-order chi connectivity index (χ0) is 47.3. The molecule has 15 nitrogen and oxygen atoms in total. The third kappa shape index (κ3) is 12.7. The number of hydrogen-bond donors (Lipinski definition) is 2. The highest BCUT2D eigenvalue weighted by Gasteiger charge is 2.55. The molecule has 0 saturated carbocycles. The molecule has 2 fully saturated rings. The summed E-state index contributed by atoms with van der Waals surface area (Å²) in [4.78, 5) is 83.1. The van der Waals surface area contributed by atoms with Crippen LogP contribution in [0.15, 0.2) is 126 Å². The molecule has 18 heteroatoms. The third-order valence-electron chi connectivity index (χ3n) is 10.3.